The molecule has 2 rings (SSSR count). The van der Waals surface area contributed by atoms with Crippen molar-refractivity contribution in [2.45, 2.75) is 45.6 Å². The Bertz CT molecular complexity index is 663. The van der Waals surface area contributed by atoms with Crippen LogP contribution in [0.5, 0.6) is 0 Å². The summed E-state index contributed by atoms with van der Waals surface area (Å²) in [6.07, 6.45) is 5.80. The molecule has 0 aliphatic heterocycles. The first-order valence-corrected chi connectivity index (χ1v) is 8.40. The molecule has 3 nitrogen and oxygen atoms in total. The zero-order chi connectivity index (χ0) is 14.7. The minimum atomic E-state index is 0.0160. The molecule has 0 bridgehead atoms. The molecule has 108 valence electrons. The number of halogens is 2. The van der Waals surface area contributed by atoms with Crippen LogP contribution in [0.4, 0.5) is 0 Å². The molecule has 0 radical (unpaired) electrons. The summed E-state index contributed by atoms with van der Waals surface area (Å²) < 4.78 is 2.69. The lowest BCUT2D eigenvalue weighted by molar-refractivity contribution is 0.414. The number of benzene rings is 1. The predicted octanol–water partition coefficient (Wildman–Crippen LogP) is 4.80. The van der Waals surface area contributed by atoms with Crippen LogP contribution in [-0.2, 0) is 0 Å². The highest BCUT2D eigenvalue weighted by atomic mass is 127. The Morgan fingerprint density at radius 2 is 1.95 bits per heavy atom. The van der Waals surface area contributed by atoms with Crippen molar-refractivity contribution in [2.75, 3.05) is 0 Å². The van der Waals surface area contributed by atoms with Gasteiger partial charge in [0.15, 0.2) is 0 Å². The van der Waals surface area contributed by atoms with Crippen LogP contribution in [0.25, 0.3) is 10.9 Å². The third kappa shape index (κ3) is 3.17. The fraction of sp³-hybridized carbons (Fsp3) is 0.467. The second-order valence-corrected chi connectivity index (χ2v) is 6.57. The van der Waals surface area contributed by atoms with E-state index in [1.54, 1.807) is 17.0 Å². The van der Waals surface area contributed by atoms with Crippen LogP contribution in [0.15, 0.2) is 23.3 Å². The molecule has 1 heterocycles. The molecule has 1 aromatic carbocycles. The smallest absolute Gasteiger partial charge is 0.261 e. The Morgan fingerprint density at radius 1 is 1.30 bits per heavy atom. The Morgan fingerprint density at radius 3 is 2.55 bits per heavy atom. The second-order valence-electron chi connectivity index (χ2n) is 4.97. The fourth-order valence-electron chi connectivity index (χ4n) is 2.52. The highest BCUT2D eigenvalue weighted by molar-refractivity contribution is 14.1. The van der Waals surface area contributed by atoms with E-state index in [0.717, 1.165) is 34.8 Å². The summed E-state index contributed by atoms with van der Waals surface area (Å²) in [5.41, 5.74) is 0.755. The molecule has 1 aromatic heterocycles. The molecule has 5 heteroatoms. The van der Waals surface area contributed by atoms with Crippen LogP contribution in [0.3, 0.4) is 0 Å². The molecule has 0 aliphatic rings. The Labute approximate surface area is 137 Å². The first-order chi connectivity index (χ1) is 9.58. The van der Waals surface area contributed by atoms with Crippen molar-refractivity contribution in [3.05, 3.63) is 37.4 Å². The maximum atomic E-state index is 12.7. The van der Waals surface area contributed by atoms with Gasteiger partial charge < -0.3 is 0 Å². The largest absolute Gasteiger partial charge is 0.296 e. The molecule has 0 unspecified atom stereocenters. The molecule has 0 saturated carbocycles. The van der Waals surface area contributed by atoms with E-state index in [0.29, 0.717) is 10.4 Å². The highest BCUT2D eigenvalue weighted by Crippen LogP contribution is 2.23. The fourth-order valence-corrected chi connectivity index (χ4v) is 3.69. The number of hydrogen-bond donors (Lipinski definition) is 0. The summed E-state index contributed by atoms with van der Waals surface area (Å²) in [7, 11) is 0. The van der Waals surface area contributed by atoms with E-state index in [4.69, 9.17) is 11.6 Å². The lowest BCUT2D eigenvalue weighted by Crippen LogP contribution is -2.25. The van der Waals surface area contributed by atoms with E-state index >= 15 is 0 Å². The normalized spacial score (nSPS) is 11.4. The topological polar surface area (TPSA) is 34.9 Å². The minimum Gasteiger partial charge on any atom is -0.296 e. The van der Waals surface area contributed by atoms with Gasteiger partial charge in [-0.05, 0) is 47.6 Å². The van der Waals surface area contributed by atoms with E-state index in [9.17, 15) is 4.79 Å². The Hall–Kier alpha value is -0.620. The predicted molar refractivity (Wildman–Crippen MR) is 92.6 cm³/mol. The molecule has 0 aliphatic carbocycles. The van der Waals surface area contributed by atoms with Crippen molar-refractivity contribution >= 4 is 45.1 Å². The highest BCUT2D eigenvalue weighted by Gasteiger charge is 2.14. The van der Waals surface area contributed by atoms with Gasteiger partial charge in [0.2, 0.25) is 0 Å². The summed E-state index contributed by atoms with van der Waals surface area (Å²) in [5, 5.41) is 1.20. The van der Waals surface area contributed by atoms with Crippen LogP contribution < -0.4 is 5.56 Å². The molecule has 0 amide bonds. The van der Waals surface area contributed by atoms with Crippen molar-refractivity contribution < 1.29 is 0 Å². The third-order valence-corrected chi connectivity index (χ3v) is 4.48. The number of nitrogens with zero attached hydrogens (tertiary/aromatic N) is 2. The number of rotatable bonds is 5. The van der Waals surface area contributed by atoms with Crippen molar-refractivity contribution in [1.82, 2.24) is 9.55 Å². The SMILES string of the molecule is CCCC(CCC)n1cnc2c(I)cc(Cl)cc2c1=O. The second kappa shape index (κ2) is 6.89. The lowest BCUT2D eigenvalue weighted by atomic mass is 10.1. The van der Waals surface area contributed by atoms with Gasteiger partial charge in [-0.25, -0.2) is 4.98 Å². The molecule has 0 spiro atoms. The van der Waals surface area contributed by atoms with Crippen LogP contribution >= 0.6 is 34.2 Å². The van der Waals surface area contributed by atoms with Gasteiger partial charge in [0.25, 0.3) is 5.56 Å². The van der Waals surface area contributed by atoms with Gasteiger partial charge in [-0.2, -0.15) is 0 Å². The molecule has 0 saturated heterocycles. The standard InChI is InChI=1S/C15H18ClIN2O/c1-3-5-11(6-4-2)19-9-18-14-12(15(19)20)7-10(16)8-13(14)17/h7-9,11H,3-6H2,1-2H3. The first-order valence-electron chi connectivity index (χ1n) is 6.94. The number of hydrogen-bond acceptors (Lipinski definition) is 2. The van der Waals surface area contributed by atoms with Crippen molar-refractivity contribution in [1.29, 1.82) is 0 Å². The summed E-state index contributed by atoms with van der Waals surface area (Å²) in [6.45, 7) is 4.28. The number of fused-ring (bicyclic) bond motifs is 1. The van der Waals surface area contributed by atoms with Crippen molar-refractivity contribution in [2.24, 2.45) is 0 Å². The third-order valence-electron chi connectivity index (χ3n) is 3.44. The molecular formula is C15H18ClIN2O. The summed E-state index contributed by atoms with van der Waals surface area (Å²) in [5.74, 6) is 0. The molecule has 0 fully saturated rings. The van der Waals surface area contributed by atoms with E-state index in [-0.39, 0.29) is 11.6 Å². The monoisotopic (exact) mass is 404 g/mol. The van der Waals surface area contributed by atoms with Crippen molar-refractivity contribution in [3.8, 4) is 0 Å². The van der Waals surface area contributed by atoms with E-state index in [1.165, 1.54) is 0 Å². The summed E-state index contributed by atoms with van der Waals surface area (Å²) >= 11 is 8.24. The maximum absolute atomic E-state index is 12.7. The number of aromatic nitrogens is 2. The van der Waals surface area contributed by atoms with E-state index in [1.807, 2.05) is 6.07 Å². The Balaban J connectivity index is 2.61. The quantitative estimate of drug-likeness (QED) is 0.671. The maximum Gasteiger partial charge on any atom is 0.261 e. The first kappa shape index (κ1) is 15.8. The average Bonchev–Trinajstić information content (AvgIpc) is 2.40. The van der Waals surface area contributed by atoms with Gasteiger partial charge in [0.1, 0.15) is 0 Å². The van der Waals surface area contributed by atoms with Gasteiger partial charge in [0, 0.05) is 14.6 Å². The van der Waals surface area contributed by atoms with Gasteiger partial charge in [-0.1, -0.05) is 38.3 Å². The molecule has 20 heavy (non-hydrogen) atoms. The summed E-state index contributed by atoms with van der Waals surface area (Å²) in [6, 6.07) is 3.78. The van der Waals surface area contributed by atoms with Crippen LogP contribution in [0, 0.1) is 3.57 Å². The minimum absolute atomic E-state index is 0.0160. The van der Waals surface area contributed by atoms with Crippen LogP contribution in [0.1, 0.15) is 45.6 Å². The van der Waals surface area contributed by atoms with Crippen LogP contribution in [-0.4, -0.2) is 9.55 Å². The zero-order valence-electron chi connectivity index (χ0n) is 11.7. The van der Waals surface area contributed by atoms with Crippen molar-refractivity contribution in [3.63, 3.8) is 0 Å². The zero-order valence-corrected chi connectivity index (χ0v) is 14.6. The Kier molecular flexibility index (Phi) is 5.43. The summed E-state index contributed by atoms with van der Waals surface area (Å²) in [4.78, 5) is 17.1. The van der Waals surface area contributed by atoms with E-state index < -0.39 is 0 Å². The van der Waals surface area contributed by atoms with Crippen LogP contribution in [0.2, 0.25) is 5.02 Å². The lowest BCUT2D eigenvalue weighted by Gasteiger charge is -2.18. The molecule has 0 N–H and O–H groups in total. The molecular weight excluding hydrogens is 387 g/mol. The average molecular weight is 405 g/mol. The van der Waals surface area contributed by atoms with Gasteiger partial charge in [-0.3, -0.25) is 9.36 Å². The van der Waals surface area contributed by atoms with E-state index in [2.05, 4.69) is 41.4 Å². The van der Waals surface area contributed by atoms with Gasteiger partial charge in [-0.15, -0.1) is 0 Å². The molecule has 0 atom stereocenters. The van der Waals surface area contributed by atoms with Gasteiger partial charge in [0.05, 0.1) is 17.2 Å². The van der Waals surface area contributed by atoms with Gasteiger partial charge >= 0.3 is 0 Å². The molecule has 2 aromatic rings.